The first-order chi connectivity index (χ1) is 11.0. The van der Waals surface area contributed by atoms with Crippen LogP contribution in [0.25, 0.3) is 10.9 Å². The molecule has 116 valence electrons. The Morgan fingerprint density at radius 1 is 0.957 bits per heavy atom. The van der Waals surface area contributed by atoms with Gasteiger partial charge < -0.3 is 15.6 Å². The molecule has 6 heteroatoms. The second kappa shape index (κ2) is 6.14. The zero-order chi connectivity index (χ0) is 16.4. The summed E-state index contributed by atoms with van der Waals surface area (Å²) in [4.78, 5) is 26.3. The van der Waals surface area contributed by atoms with Crippen molar-refractivity contribution in [1.29, 1.82) is 0 Å². The molecule has 2 amide bonds. The van der Waals surface area contributed by atoms with Crippen LogP contribution in [0.2, 0.25) is 5.02 Å². The molecule has 2 aromatic carbocycles. The highest BCUT2D eigenvalue weighted by atomic mass is 35.5. The first-order valence-corrected chi connectivity index (χ1v) is 7.36. The van der Waals surface area contributed by atoms with E-state index in [-0.39, 0.29) is 11.8 Å². The molecule has 23 heavy (non-hydrogen) atoms. The number of nitrogens with one attached hydrogen (secondary N) is 3. The van der Waals surface area contributed by atoms with Crippen molar-refractivity contribution in [1.82, 2.24) is 4.98 Å². The molecule has 0 bridgehead atoms. The van der Waals surface area contributed by atoms with Crippen molar-refractivity contribution in [2.45, 2.75) is 6.92 Å². The van der Waals surface area contributed by atoms with Crippen molar-refractivity contribution < 1.29 is 9.59 Å². The van der Waals surface area contributed by atoms with E-state index in [0.717, 1.165) is 10.9 Å². The molecule has 0 spiro atoms. The Bertz CT molecular complexity index is 884. The predicted molar refractivity (Wildman–Crippen MR) is 92.0 cm³/mol. The largest absolute Gasteiger partial charge is 0.351 e. The van der Waals surface area contributed by atoms with Crippen molar-refractivity contribution >= 4 is 45.7 Å². The minimum Gasteiger partial charge on any atom is -0.351 e. The van der Waals surface area contributed by atoms with Gasteiger partial charge >= 0.3 is 0 Å². The minimum atomic E-state index is -0.246. The number of carbonyl (C=O) groups is 2. The predicted octanol–water partition coefficient (Wildman–Crippen LogP) is 4.03. The van der Waals surface area contributed by atoms with Gasteiger partial charge in [-0.25, -0.2) is 0 Å². The zero-order valence-electron chi connectivity index (χ0n) is 12.3. The number of rotatable bonds is 3. The molecule has 3 N–H and O–H groups in total. The van der Waals surface area contributed by atoms with Crippen LogP contribution in [0.5, 0.6) is 0 Å². The van der Waals surface area contributed by atoms with Gasteiger partial charge in [-0.1, -0.05) is 11.6 Å². The molecule has 1 heterocycles. The SMILES string of the molecule is CC(=O)Nc1ccc(NC(=O)c2cc3cc(Cl)ccc3[nH]2)cc1. The molecule has 0 saturated heterocycles. The molecule has 0 aliphatic heterocycles. The van der Waals surface area contributed by atoms with Crippen molar-refractivity contribution in [2.24, 2.45) is 0 Å². The molecule has 3 aromatic rings. The monoisotopic (exact) mass is 327 g/mol. The molecule has 1 aromatic heterocycles. The number of amides is 2. The van der Waals surface area contributed by atoms with Gasteiger partial charge in [-0.2, -0.15) is 0 Å². The van der Waals surface area contributed by atoms with Crippen LogP contribution < -0.4 is 10.6 Å². The first-order valence-electron chi connectivity index (χ1n) is 6.98. The van der Waals surface area contributed by atoms with E-state index in [0.29, 0.717) is 22.1 Å². The summed E-state index contributed by atoms with van der Waals surface area (Å²) in [6.07, 6.45) is 0. The number of anilines is 2. The number of benzene rings is 2. The normalized spacial score (nSPS) is 10.5. The summed E-state index contributed by atoms with van der Waals surface area (Å²) in [7, 11) is 0. The third kappa shape index (κ3) is 3.52. The van der Waals surface area contributed by atoms with Crippen LogP contribution in [0.1, 0.15) is 17.4 Å². The van der Waals surface area contributed by atoms with E-state index in [9.17, 15) is 9.59 Å². The fourth-order valence-electron chi connectivity index (χ4n) is 2.26. The Morgan fingerprint density at radius 2 is 1.61 bits per heavy atom. The Labute approximate surface area is 137 Å². The van der Waals surface area contributed by atoms with E-state index >= 15 is 0 Å². The minimum absolute atomic E-state index is 0.140. The van der Waals surface area contributed by atoms with Crippen LogP contribution in [0.4, 0.5) is 11.4 Å². The lowest BCUT2D eigenvalue weighted by Gasteiger charge is -2.06. The van der Waals surface area contributed by atoms with Crippen molar-refractivity contribution in [3.05, 3.63) is 59.2 Å². The lowest BCUT2D eigenvalue weighted by molar-refractivity contribution is -0.114. The molecule has 0 aliphatic carbocycles. The Kier molecular flexibility index (Phi) is 4.04. The zero-order valence-corrected chi connectivity index (χ0v) is 13.1. The molecule has 0 atom stereocenters. The second-order valence-electron chi connectivity index (χ2n) is 5.13. The van der Waals surface area contributed by atoms with Crippen LogP contribution >= 0.6 is 11.6 Å². The summed E-state index contributed by atoms with van der Waals surface area (Å²) >= 11 is 5.94. The van der Waals surface area contributed by atoms with Gasteiger partial charge in [0.15, 0.2) is 0 Å². The molecule has 5 nitrogen and oxygen atoms in total. The quantitative estimate of drug-likeness (QED) is 0.679. The smallest absolute Gasteiger partial charge is 0.272 e. The fourth-order valence-corrected chi connectivity index (χ4v) is 2.44. The summed E-state index contributed by atoms with van der Waals surface area (Å²) in [6, 6.07) is 14.0. The second-order valence-corrected chi connectivity index (χ2v) is 5.56. The van der Waals surface area contributed by atoms with Crippen molar-refractivity contribution in [3.8, 4) is 0 Å². The van der Waals surface area contributed by atoms with E-state index in [1.807, 2.05) is 6.07 Å². The van der Waals surface area contributed by atoms with Gasteiger partial charge in [0.25, 0.3) is 5.91 Å². The molecule has 0 radical (unpaired) electrons. The highest BCUT2D eigenvalue weighted by Gasteiger charge is 2.10. The summed E-state index contributed by atoms with van der Waals surface area (Å²) in [5.41, 5.74) is 2.62. The lowest BCUT2D eigenvalue weighted by Crippen LogP contribution is -2.12. The van der Waals surface area contributed by atoms with E-state index < -0.39 is 0 Å². The van der Waals surface area contributed by atoms with Gasteiger partial charge in [0.2, 0.25) is 5.91 Å². The maximum Gasteiger partial charge on any atom is 0.272 e. The van der Waals surface area contributed by atoms with Crippen LogP contribution in [0.3, 0.4) is 0 Å². The van der Waals surface area contributed by atoms with Gasteiger partial charge in [0.05, 0.1) is 0 Å². The number of hydrogen-bond acceptors (Lipinski definition) is 2. The topological polar surface area (TPSA) is 74.0 Å². The standard InChI is InChI=1S/C17H14ClN3O2/c1-10(22)19-13-3-5-14(6-4-13)20-17(23)16-9-11-8-12(18)2-7-15(11)21-16/h2-9,21H,1H3,(H,19,22)(H,20,23). The summed E-state index contributed by atoms with van der Waals surface area (Å²) < 4.78 is 0. The summed E-state index contributed by atoms with van der Waals surface area (Å²) in [5, 5.41) is 6.97. The molecular weight excluding hydrogens is 314 g/mol. The highest BCUT2D eigenvalue weighted by Crippen LogP contribution is 2.21. The number of halogens is 1. The Balaban J connectivity index is 1.76. The van der Waals surface area contributed by atoms with Gasteiger partial charge in [-0.15, -0.1) is 0 Å². The van der Waals surface area contributed by atoms with Gasteiger partial charge in [0, 0.05) is 34.2 Å². The third-order valence-corrected chi connectivity index (χ3v) is 3.53. The Hall–Kier alpha value is -2.79. The number of aromatic nitrogens is 1. The highest BCUT2D eigenvalue weighted by molar-refractivity contribution is 6.31. The lowest BCUT2D eigenvalue weighted by atomic mass is 10.2. The average Bonchev–Trinajstić information content (AvgIpc) is 2.92. The maximum absolute atomic E-state index is 12.3. The van der Waals surface area contributed by atoms with Crippen LogP contribution in [-0.4, -0.2) is 16.8 Å². The number of H-pyrrole nitrogens is 1. The van der Waals surface area contributed by atoms with E-state index in [1.165, 1.54) is 6.92 Å². The number of aromatic amines is 1. The third-order valence-electron chi connectivity index (χ3n) is 3.29. The molecule has 0 fully saturated rings. The van der Waals surface area contributed by atoms with E-state index in [2.05, 4.69) is 15.6 Å². The van der Waals surface area contributed by atoms with Crippen LogP contribution in [0.15, 0.2) is 48.5 Å². The summed E-state index contributed by atoms with van der Waals surface area (Å²) in [6.45, 7) is 1.44. The first kappa shape index (κ1) is 15.1. The number of carbonyl (C=O) groups excluding carboxylic acids is 2. The van der Waals surface area contributed by atoms with Crippen LogP contribution in [0, 0.1) is 0 Å². The Morgan fingerprint density at radius 3 is 2.26 bits per heavy atom. The molecular formula is C17H14ClN3O2. The molecule has 0 unspecified atom stereocenters. The molecule has 0 aliphatic rings. The number of fused-ring (bicyclic) bond motifs is 1. The number of hydrogen-bond donors (Lipinski definition) is 3. The van der Waals surface area contributed by atoms with Gasteiger partial charge in [0.1, 0.15) is 5.69 Å². The van der Waals surface area contributed by atoms with Crippen molar-refractivity contribution in [3.63, 3.8) is 0 Å². The van der Waals surface area contributed by atoms with E-state index in [1.54, 1.807) is 42.5 Å². The van der Waals surface area contributed by atoms with Gasteiger partial charge in [-0.05, 0) is 48.5 Å². The van der Waals surface area contributed by atoms with Crippen molar-refractivity contribution in [2.75, 3.05) is 10.6 Å². The van der Waals surface area contributed by atoms with Gasteiger partial charge in [-0.3, -0.25) is 9.59 Å². The maximum atomic E-state index is 12.3. The average molecular weight is 328 g/mol. The molecule has 0 saturated carbocycles. The van der Waals surface area contributed by atoms with E-state index in [4.69, 9.17) is 11.6 Å². The molecule has 3 rings (SSSR count). The van der Waals surface area contributed by atoms with Crippen LogP contribution in [-0.2, 0) is 4.79 Å². The fraction of sp³-hybridized carbons (Fsp3) is 0.0588. The summed E-state index contributed by atoms with van der Waals surface area (Å²) in [5.74, 6) is -0.386.